The molecule has 0 aromatic rings. The zero-order valence-electron chi connectivity index (χ0n) is 11.9. The highest BCUT2D eigenvalue weighted by molar-refractivity contribution is 5.80. The van der Waals surface area contributed by atoms with Gasteiger partial charge in [-0.05, 0) is 24.7 Å². The smallest absolute Gasteiger partial charge is 0.323 e. The van der Waals surface area contributed by atoms with Crippen LogP contribution in [0.4, 0.5) is 4.79 Å². The lowest BCUT2D eigenvalue weighted by molar-refractivity contribution is -0.137. The lowest BCUT2D eigenvalue weighted by Crippen LogP contribution is -2.48. The van der Waals surface area contributed by atoms with Gasteiger partial charge >= 0.3 is 12.0 Å². The number of carboxylic acid groups (broad SMARTS) is 1. The summed E-state index contributed by atoms with van der Waals surface area (Å²) in [5.41, 5.74) is 0. The minimum Gasteiger partial charge on any atom is -0.480 e. The number of carbonyl (C=O) groups is 2. The molecular formula is C13H24N2O4. The number of urea groups is 1. The fourth-order valence-electron chi connectivity index (χ4n) is 2.37. The standard InChI is InChI=1S/C13H24N2O4/c1-9(2)6-15(8-12(17)18)13(19)14(3)7-10-4-11(16)5-10/h9-11,16H,4-8H2,1-3H3,(H,17,18). The minimum atomic E-state index is -0.999. The fourth-order valence-corrected chi connectivity index (χ4v) is 2.37. The monoisotopic (exact) mass is 272 g/mol. The van der Waals surface area contributed by atoms with Crippen molar-refractivity contribution in [2.45, 2.75) is 32.8 Å². The van der Waals surface area contributed by atoms with Crippen molar-refractivity contribution < 1.29 is 19.8 Å². The maximum atomic E-state index is 12.2. The number of amides is 2. The number of nitrogens with zero attached hydrogens (tertiary/aromatic N) is 2. The van der Waals surface area contributed by atoms with Crippen LogP contribution in [0.25, 0.3) is 0 Å². The van der Waals surface area contributed by atoms with E-state index in [1.807, 2.05) is 13.8 Å². The van der Waals surface area contributed by atoms with E-state index in [0.29, 0.717) is 19.0 Å². The Hall–Kier alpha value is -1.30. The molecule has 19 heavy (non-hydrogen) atoms. The minimum absolute atomic E-state index is 0.224. The van der Waals surface area contributed by atoms with E-state index in [2.05, 4.69) is 0 Å². The van der Waals surface area contributed by atoms with Gasteiger partial charge in [0.2, 0.25) is 0 Å². The summed E-state index contributed by atoms with van der Waals surface area (Å²) in [7, 11) is 1.68. The average Bonchev–Trinajstić information content (AvgIpc) is 2.23. The van der Waals surface area contributed by atoms with Crippen molar-refractivity contribution in [1.82, 2.24) is 9.80 Å². The molecule has 2 amide bonds. The normalized spacial score (nSPS) is 21.9. The molecule has 0 saturated heterocycles. The Morgan fingerprint density at radius 1 is 1.32 bits per heavy atom. The highest BCUT2D eigenvalue weighted by atomic mass is 16.4. The molecule has 1 fully saturated rings. The van der Waals surface area contributed by atoms with Gasteiger partial charge in [-0.2, -0.15) is 0 Å². The summed E-state index contributed by atoms with van der Waals surface area (Å²) in [5, 5.41) is 18.1. The van der Waals surface area contributed by atoms with Crippen LogP contribution in [0.1, 0.15) is 26.7 Å². The molecule has 2 N–H and O–H groups in total. The summed E-state index contributed by atoms with van der Waals surface area (Å²) in [6, 6.07) is -0.252. The molecule has 6 nitrogen and oxygen atoms in total. The second-order valence-electron chi connectivity index (χ2n) is 5.82. The summed E-state index contributed by atoms with van der Waals surface area (Å²) in [6.45, 7) is 4.64. The van der Waals surface area contributed by atoms with Crippen LogP contribution in [0.5, 0.6) is 0 Å². The molecule has 0 radical (unpaired) electrons. The largest absolute Gasteiger partial charge is 0.480 e. The number of hydrogen-bond donors (Lipinski definition) is 2. The van der Waals surface area contributed by atoms with Crippen LogP contribution < -0.4 is 0 Å². The van der Waals surface area contributed by atoms with E-state index in [1.54, 1.807) is 11.9 Å². The summed E-state index contributed by atoms with van der Waals surface area (Å²) in [5.74, 6) is -0.446. The lowest BCUT2D eigenvalue weighted by Gasteiger charge is -2.36. The Morgan fingerprint density at radius 2 is 1.89 bits per heavy atom. The molecule has 0 bridgehead atoms. The van der Waals surface area contributed by atoms with Crippen molar-refractivity contribution in [2.24, 2.45) is 11.8 Å². The van der Waals surface area contributed by atoms with Gasteiger partial charge < -0.3 is 20.0 Å². The van der Waals surface area contributed by atoms with Crippen LogP contribution in [0, 0.1) is 11.8 Å². The molecule has 0 aromatic carbocycles. The van der Waals surface area contributed by atoms with Gasteiger partial charge in [-0.1, -0.05) is 13.8 Å². The third kappa shape index (κ3) is 5.06. The van der Waals surface area contributed by atoms with Gasteiger partial charge in [0.1, 0.15) is 6.54 Å². The van der Waals surface area contributed by atoms with E-state index >= 15 is 0 Å². The number of hydrogen-bond acceptors (Lipinski definition) is 3. The Bertz CT molecular complexity index is 327. The highest BCUT2D eigenvalue weighted by Gasteiger charge is 2.30. The molecule has 1 aliphatic carbocycles. The van der Waals surface area contributed by atoms with Gasteiger partial charge in [-0.3, -0.25) is 4.79 Å². The second kappa shape index (κ2) is 6.75. The molecule has 6 heteroatoms. The number of aliphatic hydroxyl groups is 1. The van der Waals surface area contributed by atoms with Crippen molar-refractivity contribution in [1.29, 1.82) is 0 Å². The second-order valence-corrected chi connectivity index (χ2v) is 5.82. The molecule has 0 aliphatic heterocycles. The Balaban J connectivity index is 2.51. The first-order valence-electron chi connectivity index (χ1n) is 6.69. The number of rotatable bonds is 6. The van der Waals surface area contributed by atoms with Crippen LogP contribution in [-0.2, 0) is 4.79 Å². The predicted octanol–water partition coefficient (Wildman–Crippen LogP) is 0.852. The quantitative estimate of drug-likeness (QED) is 0.751. The first-order valence-corrected chi connectivity index (χ1v) is 6.69. The van der Waals surface area contributed by atoms with E-state index in [1.165, 1.54) is 4.90 Å². The van der Waals surface area contributed by atoms with E-state index in [0.717, 1.165) is 12.8 Å². The SMILES string of the molecule is CC(C)CN(CC(=O)O)C(=O)N(C)CC1CC(O)C1. The molecule has 1 aliphatic rings. The number of carbonyl (C=O) groups excluding carboxylic acids is 1. The highest BCUT2D eigenvalue weighted by Crippen LogP contribution is 2.27. The van der Waals surface area contributed by atoms with Gasteiger partial charge in [0.05, 0.1) is 6.10 Å². The summed E-state index contributed by atoms with van der Waals surface area (Å²) in [6.07, 6.45) is 1.21. The third-order valence-electron chi connectivity index (χ3n) is 3.25. The van der Waals surface area contributed by atoms with E-state index in [9.17, 15) is 14.7 Å². The van der Waals surface area contributed by atoms with Gasteiger partial charge in [-0.25, -0.2) is 4.79 Å². The molecule has 110 valence electrons. The van der Waals surface area contributed by atoms with E-state index < -0.39 is 5.97 Å². The molecule has 1 saturated carbocycles. The van der Waals surface area contributed by atoms with E-state index in [-0.39, 0.29) is 24.6 Å². The Kier molecular flexibility index (Phi) is 5.60. The summed E-state index contributed by atoms with van der Waals surface area (Å²) >= 11 is 0. The van der Waals surface area contributed by atoms with Gasteiger partial charge in [0, 0.05) is 20.1 Å². The van der Waals surface area contributed by atoms with Crippen molar-refractivity contribution in [2.75, 3.05) is 26.7 Å². The zero-order chi connectivity index (χ0) is 14.6. The first kappa shape index (κ1) is 15.8. The molecular weight excluding hydrogens is 248 g/mol. The topological polar surface area (TPSA) is 81.1 Å². The van der Waals surface area contributed by atoms with Gasteiger partial charge in [0.15, 0.2) is 0 Å². The maximum absolute atomic E-state index is 12.2. The molecule has 0 unspecified atom stereocenters. The molecule has 0 spiro atoms. The third-order valence-corrected chi connectivity index (χ3v) is 3.25. The van der Waals surface area contributed by atoms with Crippen LogP contribution in [0.2, 0.25) is 0 Å². The van der Waals surface area contributed by atoms with Gasteiger partial charge in [-0.15, -0.1) is 0 Å². The predicted molar refractivity (Wildman–Crippen MR) is 70.8 cm³/mol. The van der Waals surface area contributed by atoms with Crippen molar-refractivity contribution >= 4 is 12.0 Å². The zero-order valence-corrected chi connectivity index (χ0v) is 11.9. The van der Waals surface area contributed by atoms with Crippen LogP contribution in [-0.4, -0.2) is 64.8 Å². The van der Waals surface area contributed by atoms with E-state index in [4.69, 9.17) is 5.11 Å². The van der Waals surface area contributed by atoms with Crippen LogP contribution in [0.15, 0.2) is 0 Å². The summed E-state index contributed by atoms with van der Waals surface area (Å²) < 4.78 is 0. The number of aliphatic hydroxyl groups excluding tert-OH is 1. The van der Waals surface area contributed by atoms with Crippen LogP contribution in [0.3, 0.4) is 0 Å². The van der Waals surface area contributed by atoms with Crippen molar-refractivity contribution in [3.05, 3.63) is 0 Å². The molecule has 1 rings (SSSR count). The molecule has 0 aromatic heterocycles. The average molecular weight is 272 g/mol. The molecule has 0 heterocycles. The van der Waals surface area contributed by atoms with Gasteiger partial charge in [0.25, 0.3) is 0 Å². The lowest BCUT2D eigenvalue weighted by atomic mass is 9.82. The maximum Gasteiger partial charge on any atom is 0.323 e. The van der Waals surface area contributed by atoms with Crippen LogP contribution >= 0.6 is 0 Å². The molecule has 0 atom stereocenters. The van der Waals surface area contributed by atoms with Crippen molar-refractivity contribution in [3.8, 4) is 0 Å². The number of carboxylic acids is 1. The van der Waals surface area contributed by atoms with Crippen molar-refractivity contribution in [3.63, 3.8) is 0 Å². The Morgan fingerprint density at radius 3 is 2.32 bits per heavy atom. The Labute approximate surface area is 114 Å². The fraction of sp³-hybridized carbons (Fsp3) is 0.846. The number of aliphatic carboxylic acids is 1. The first-order chi connectivity index (χ1) is 8.79. The summed E-state index contributed by atoms with van der Waals surface area (Å²) in [4.78, 5) is 25.9.